The van der Waals surface area contributed by atoms with Gasteiger partial charge in [0.05, 0.1) is 66.2 Å². The number of nitrogens with zero attached hydrogens (tertiary/aromatic N) is 4. The number of aryl methyl sites for hydroxylation is 12. The van der Waals surface area contributed by atoms with Crippen LogP contribution in [0.25, 0.3) is 273 Å². The molecule has 28 aromatic rings. The topological polar surface area (TPSA) is 17.6 Å². The van der Waals surface area contributed by atoms with Crippen LogP contribution in [0.4, 0.5) is 0 Å². The fourth-order valence-electron chi connectivity index (χ4n) is 24.9. The molecule has 8 aromatic heterocycles. The lowest BCUT2D eigenvalue weighted by molar-refractivity contribution is 1.36. The van der Waals surface area contributed by atoms with E-state index in [4.69, 9.17) is 0 Å². The summed E-state index contributed by atoms with van der Waals surface area (Å²) >= 11 is 0. The van der Waals surface area contributed by atoms with Gasteiger partial charge in [0.1, 0.15) is 0 Å². The van der Waals surface area contributed by atoms with Crippen molar-refractivity contribution in [2.45, 2.75) is 83.1 Å². The molecule has 0 N–H and O–H groups in total. The fourth-order valence-corrected chi connectivity index (χ4v) is 24.9. The summed E-state index contributed by atoms with van der Waals surface area (Å²) in [5, 5.41) is 30.5. The van der Waals surface area contributed by atoms with Gasteiger partial charge in [-0.05, 0) is 400 Å². The van der Waals surface area contributed by atoms with E-state index in [1.807, 2.05) is 0 Å². The fraction of sp³-hybridized carbons (Fsp3) is 0.0968. The molecule has 602 valence electrons. The summed E-state index contributed by atoms with van der Waals surface area (Å²) in [4.78, 5) is 0. The molecule has 0 aliphatic heterocycles. The van der Waals surface area contributed by atoms with Gasteiger partial charge in [-0.2, -0.15) is 0 Å². The van der Waals surface area contributed by atoms with Crippen LogP contribution in [0.15, 0.2) is 303 Å². The zero-order valence-electron chi connectivity index (χ0n) is 73.7. The first kappa shape index (κ1) is 72.0. The predicted octanol–water partition coefficient (Wildman–Crippen LogP) is 34.3. The molecule has 0 unspecified atom stereocenters. The van der Waals surface area contributed by atoms with Gasteiger partial charge in [-0.15, -0.1) is 0 Å². The van der Waals surface area contributed by atoms with Gasteiger partial charge in [-0.1, -0.05) is 174 Å². The molecule has 4 nitrogen and oxygen atoms in total. The first-order chi connectivity index (χ1) is 62.4. The van der Waals surface area contributed by atoms with Crippen LogP contribution < -0.4 is 0 Å². The molecule has 0 fully saturated rings. The molecule has 0 aliphatic carbocycles. The van der Waals surface area contributed by atoms with Crippen molar-refractivity contribution in [1.82, 2.24) is 17.6 Å². The van der Waals surface area contributed by atoms with Gasteiger partial charge in [0.15, 0.2) is 0 Å². The van der Waals surface area contributed by atoms with E-state index in [1.54, 1.807) is 0 Å². The van der Waals surface area contributed by atoms with Gasteiger partial charge in [0.25, 0.3) is 0 Å². The van der Waals surface area contributed by atoms with Crippen molar-refractivity contribution in [2.24, 2.45) is 0 Å². The average molecular weight is 1630 g/mol. The smallest absolute Gasteiger partial charge is 0.0620 e. The Labute approximate surface area is 739 Å². The standard InChI is InChI=1S/C124H86N4/c1-63-30-36-107-83(40-63)100-45-68(6)49-104-88-56-92-95(59-111(88)125(107)122(100)104)117(80-29-20-19-28-79(80)75-24-15-13-16-25-75)91-55-87-103-48-67(5)44-99-84-41-64(2)31-37-108(84)126(121(99)103)112(87)60-96(91)118(92)81-35-34-77(54-82(81)76-26-17-14-18-27-76)78-52-73(11)116(74(12)53-78)120-94-58-90-106-51-70(8)47-102-85-42-65(3)32-38-109(85)127(124(102)106)113(90)61-97(94)119(115-71(9)22-21-23-72(115)10)93-57-89-105-50-69(7)46-101-86-43-66(4)33-39-110(86)128(123(101)105)114(89)62-98(93)120/h13-62H,1-12H3. The summed E-state index contributed by atoms with van der Waals surface area (Å²) in [5.74, 6) is 0. The van der Waals surface area contributed by atoms with Crippen LogP contribution in [-0.2, 0) is 0 Å². The summed E-state index contributed by atoms with van der Waals surface area (Å²) in [7, 11) is 0. The van der Waals surface area contributed by atoms with Crippen molar-refractivity contribution >= 4 is 195 Å². The Hall–Kier alpha value is -15.4. The molecule has 20 aromatic carbocycles. The van der Waals surface area contributed by atoms with E-state index < -0.39 is 0 Å². The van der Waals surface area contributed by atoms with Crippen LogP contribution >= 0.6 is 0 Å². The number of rotatable bonds is 7. The Morgan fingerprint density at radius 1 is 0.133 bits per heavy atom. The lowest BCUT2D eigenvalue weighted by Gasteiger charge is -2.23. The highest BCUT2D eigenvalue weighted by molar-refractivity contribution is 6.36. The highest BCUT2D eigenvalue weighted by atomic mass is 14.9. The third-order valence-electron chi connectivity index (χ3n) is 30.0. The molecule has 28 rings (SSSR count). The van der Waals surface area contributed by atoms with E-state index in [-0.39, 0.29) is 0 Å². The summed E-state index contributed by atoms with van der Waals surface area (Å²) in [6, 6.07) is 120. The SMILES string of the molecule is Cc1ccc2c(c1)c1cc(C)cc3c4cc5c(-c6ccc(-c7cc(C)c(-c8c9cc%10c%11cc(C)cc%12c%13cc(C)ccc%13n(c%10cc9c(-c9c(C)cccc9C)c9cc%10c%13cc(C)cc%14c%15cc(C)ccc%15n(c%10cc89)c%14%13)c%12%11)c(C)c7)cc6-c6ccccc6)c6cc7c(cc6c(-c6ccccc6-c6ccccc6)c5cc4n2c13)c1cc(C)cc2c3cc(C)ccc3n7c21. The van der Waals surface area contributed by atoms with Crippen LogP contribution in [0, 0.1) is 83.1 Å². The Kier molecular flexibility index (Phi) is 14.2. The second-order valence-corrected chi connectivity index (χ2v) is 38.2. The van der Waals surface area contributed by atoms with Gasteiger partial charge in [0.2, 0.25) is 0 Å². The number of fused-ring (bicyclic) bond motifs is 28. The summed E-state index contributed by atoms with van der Waals surface area (Å²) < 4.78 is 10.4. The van der Waals surface area contributed by atoms with Crippen molar-refractivity contribution < 1.29 is 0 Å². The number of hydrogen-bond donors (Lipinski definition) is 0. The van der Waals surface area contributed by atoms with Gasteiger partial charge in [-0.25, -0.2) is 0 Å². The van der Waals surface area contributed by atoms with Crippen molar-refractivity contribution in [3.63, 3.8) is 0 Å². The number of benzene rings is 20. The molecule has 0 atom stereocenters. The zero-order valence-corrected chi connectivity index (χ0v) is 73.7. The van der Waals surface area contributed by atoms with Crippen molar-refractivity contribution in [3.8, 4) is 77.9 Å². The quantitative estimate of drug-likeness (QED) is 0.142. The van der Waals surface area contributed by atoms with Gasteiger partial charge >= 0.3 is 0 Å². The van der Waals surface area contributed by atoms with E-state index in [0.29, 0.717) is 0 Å². The summed E-state index contributed by atoms with van der Waals surface area (Å²) in [5.41, 5.74) is 47.1. The van der Waals surface area contributed by atoms with Gasteiger partial charge < -0.3 is 17.6 Å². The minimum Gasteiger partial charge on any atom is -0.308 e. The molecule has 128 heavy (non-hydrogen) atoms. The third kappa shape index (κ3) is 9.48. The summed E-state index contributed by atoms with van der Waals surface area (Å²) in [6.45, 7) is 27.5. The van der Waals surface area contributed by atoms with Crippen molar-refractivity contribution in [2.75, 3.05) is 0 Å². The van der Waals surface area contributed by atoms with E-state index in [9.17, 15) is 0 Å². The predicted molar refractivity (Wildman–Crippen MR) is 550 cm³/mol. The molecule has 0 bridgehead atoms. The van der Waals surface area contributed by atoms with E-state index in [1.165, 1.54) is 329 Å². The normalized spacial score (nSPS) is 12.7. The number of aromatic nitrogens is 4. The van der Waals surface area contributed by atoms with Crippen molar-refractivity contribution in [1.29, 1.82) is 0 Å². The maximum Gasteiger partial charge on any atom is 0.0620 e. The first-order valence-electron chi connectivity index (χ1n) is 45.4. The minimum atomic E-state index is 1.16. The zero-order chi connectivity index (χ0) is 85.5. The third-order valence-corrected chi connectivity index (χ3v) is 30.0. The first-order valence-corrected chi connectivity index (χ1v) is 45.4. The minimum absolute atomic E-state index is 1.16. The molecule has 4 heteroatoms. The summed E-state index contributed by atoms with van der Waals surface area (Å²) in [6.07, 6.45) is 0. The van der Waals surface area contributed by atoms with Crippen LogP contribution in [0.3, 0.4) is 0 Å². The molecular weight excluding hydrogens is 1550 g/mol. The molecular formula is C124H86N4. The molecule has 0 saturated carbocycles. The largest absolute Gasteiger partial charge is 0.308 e. The second-order valence-electron chi connectivity index (χ2n) is 38.2. The Bertz CT molecular complexity index is 9890. The molecule has 8 heterocycles. The lowest BCUT2D eigenvalue weighted by Crippen LogP contribution is -1.98. The van der Waals surface area contributed by atoms with Crippen LogP contribution in [0.2, 0.25) is 0 Å². The highest BCUT2D eigenvalue weighted by Gasteiger charge is 2.32. The molecule has 0 aliphatic rings. The van der Waals surface area contributed by atoms with E-state index in [2.05, 4.69) is 404 Å². The highest BCUT2D eigenvalue weighted by Crippen LogP contribution is 2.57. The molecule has 0 spiro atoms. The Balaban J connectivity index is 0.750. The monoisotopic (exact) mass is 1630 g/mol. The maximum absolute atomic E-state index is 2.63. The van der Waals surface area contributed by atoms with Gasteiger partial charge in [-0.3, -0.25) is 0 Å². The van der Waals surface area contributed by atoms with Crippen LogP contribution in [0.5, 0.6) is 0 Å². The Morgan fingerprint density at radius 3 is 0.758 bits per heavy atom. The average Bonchev–Trinajstić information content (AvgIpc) is 1.46. The van der Waals surface area contributed by atoms with E-state index in [0.717, 1.165) is 11.1 Å². The second kappa shape index (κ2) is 25.3. The van der Waals surface area contributed by atoms with Gasteiger partial charge in [0, 0.05) is 86.2 Å². The van der Waals surface area contributed by atoms with Crippen molar-refractivity contribution in [3.05, 3.63) is 370 Å². The molecule has 0 saturated heterocycles. The Morgan fingerprint density at radius 2 is 0.406 bits per heavy atom. The molecule has 0 radical (unpaired) electrons. The maximum atomic E-state index is 2.63. The lowest BCUT2D eigenvalue weighted by atomic mass is 9.80. The number of hydrogen-bond acceptors (Lipinski definition) is 0. The molecule has 0 amide bonds. The van der Waals surface area contributed by atoms with Crippen LogP contribution in [-0.4, -0.2) is 17.6 Å². The van der Waals surface area contributed by atoms with Crippen LogP contribution in [0.1, 0.15) is 66.8 Å². The van der Waals surface area contributed by atoms with E-state index >= 15 is 0 Å².